The van der Waals surface area contributed by atoms with E-state index in [2.05, 4.69) is 25.3 Å². The summed E-state index contributed by atoms with van der Waals surface area (Å²) < 4.78 is 1.79. The van der Waals surface area contributed by atoms with Crippen LogP contribution in [-0.2, 0) is 0 Å². The summed E-state index contributed by atoms with van der Waals surface area (Å²) in [5.41, 5.74) is 3.22. The molecule has 2 unspecified atom stereocenters. The van der Waals surface area contributed by atoms with E-state index < -0.39 is 0 Å². The molecule has 1 saturated heterocycles. The van der Waals surface area contributed by atoms with Crippen LogP contribution >= 0.6 is 0 Å². The number of benzene rings is 1. The van der Waals surface area contributed by atoms with E-state index in [4.69, 9.17) is 0 Å². The van der Waals surface area contributed by atoms with Crippen molar-refractivity contribution in [3.8, 4) is 17.1 Å². The Hall–Kier alpha value is -3.55. The number of likely N-dealkylation sites (tertiary alicyclic amines) is 1. The van der Waals surface area contributed by atoms with Crippen LogP contribution < -0.4 is 0 Å². The fourth-order valence-electron chi connectivity index (χ4n) is 4.92. The largest absolute Gasteiger partial charge is 0.338 e. The summed E-state index contributed by atoms with van der Waals surface area (Å²) in [4.78, 5) is 23.7. The number of fused-ring (bicyclic) bond motifs is 2. The number of H-pyrrole nitrogens is 1. The molecule has 30 heavy (non-hydrogen) atoms. The van der Waals surface area contributed by atoms with E-state index in [1.165, 1.54) is 25.6 Å². The molecule has 4 aromatic rings. The van der Waals surface area contributed by atoms with Crippen LogP contribution in [0.5, 0.6) is 0 Å². The summed E-state index contributed by atoms with van der Waals surface area (Å²) in [6, 6.07) is 9.77. The Balaban J connectivity index is 1.27. The van der Waals surface area contributed by atoms with Gasteiger partial charge in [0.1, 0.15) is 6.33 Å². The third kappa shape index (κ3) is 2.79. The molecule has 1 aliphatic carbocycles. The highest BCUT2D eigenvalue weighted by atomic mass is 16.2. The summed E-state index contributed by atoms with van der Waals surface area (Å²) in [5.74, 6) is 2.18. The molecule has 2 fully saturated rings. The summed E-state index contributed by atoms with van der Waals surface area (Å²) in [7, 11) is 0. The first-order chi connectivity index (χ1) is 14.8. The maximum absolute atomic E-state index is 13.0. The average molecular weight is 399 g/mol. The van der Waals surface area contributed by atoms with Crippen molar-refractivity contribution in [2.75, 3.05) is 13.1 Å². The van der Waals surface area contributed by atoms with Crippen molar-refractivity contribution in [1.82, 2.24) is 34.8 Å². The molecular weight excluding hydrogens is 378 g/mol. The lowest BCUT2D eigenvalue weighted by Gasteiger charge is -2.17. The zero-order valence-electron chi connectivity index (χ0n) is 16.4. The third-order valence-electron chi connectivity index (χ3n) is 6.47. The molecule has 1 aliphatic heterocycles. The molecular formula is C22H21N7O. The molecule has 6 rings (SSSR count). The molecule has 1 N–H and O–H groups in total. The number of amides is 1. The van der Waals surface area contributed by atoms with Crippen molar-refractivity contribution in [2.45, 2.75) is 19.3 Å². The van der Waals surface area contributed by atoms with Crippen LogP contribution in [-0.4, -0.2) is 53.8 Å². The number of nitrogens with zero attached hydrogens (tertiary/aromatic N) is 6. The van der Waals surface area contributed by atoms with Gasteiger partial charge in [0.25, 0.3) is 5.91 Å². The Kier molecular flexibility index (Phi) is 3.90. The molecule has 1 amide bonds. The Morgan fingerprint density at radius 2 is 1.83 bits per heavy atom. The second-order valence-corrected chi connectivity index (χ2v) is 8.24. The van der Waals surface area contributed by atoms with Gasteiger partial charge in [0.2, 0.25) is 0 Å². The lowest BCUT2D eigenvalue weighted by molar-refractivity contribution is 0.0780. The summed E-state index contributed by atoms with van der Waals surface area (Å²) in [5, 5.41) is 12.1. The molecule has 150 valence electrons. The Morgan fingerprint density at radius 1 is 1.03 bits per heavy atom. The first-order valence-electron chi connectivity index (χ1n) is 10.4. The van der Waals surface area contributed by atoms with Crippen molar-refractivity contribution in [1.29, 1.82) is 0 Å². The number of rotatable bonds is 3. The zero-order chi connectivity index (χ0) is 20.1. The van der Waals surface area contributed by atoms with E-state index in [0.717, 1.165) is 41.2 Å². The molecule has 3 aromatic heterocycles. The zero-order valence-corrected chi connectivity index (χ0v) is 16.4. The smallest absolute Gasteiger partial charge is 0.255 e. The van der Waals surface area contributed by atoms with Crippen molar-refractivity contribution in [2.24, 2.45) is 11.8 Å². The minimum absolute atomic E-state index is 0.0861. The molecule has 4 heterocycles. The molecule has 0 spiro atoms. The van der Waals surface area contributed by atoms with E-state index in [1.807, 2.05) is 35.2 Å². The van der Waals surface area contributed by atoms with Crippen LogP contribution in [0.25, 0.3) is 28.1 Å². The number of aromatic amines is 1. The van der Waals surface area contributed by atoms with Gasteiger partial charge < -0.3 is 4.90 Å². The summed E-state index contributed by atoms with van der Waals surface area (Å²) in [6.45, 7) is 1.77. The number of nitrogens with one attached hydrogen (secondary N) is 1. The van der Waals surface area contributed by atoms with Crippen LogP contribution in [0.1, 0.15) is 29.6 Å². The third-order valence-corrected chi connectivity index (χ3v) is 6.47. The van der Waals surface area contributed by atoms with Gasteiger partial charge in [0.15, 0.2) is 11.5 Å². The minimum Gasteiger partial charge on any atom is -0.338 e. The number of carbonyl (C=O) groups excluding carboxylic acids is 1. The van der Waals surface area contributed by atoms with Gasteiger partial charge in [-0.05, 0) is 55.0 Å². The van der Waals surface area contributed by atoms with Gasteiger partial charge in [0, 0.05) is 30.2 Å². The molecule has 2 atom stereocenters. The van der Waals surface area contributed by atoms with Crippen molar-refractivity contribution < 1.29 is 4.79 Å². The number of aromatic nitrogens is 6. The van der Waals surface area contributed by atoms with Gasteiger partial charge in [0.05, 0.1) is 17.4 Å². The first-order valence-corrected chi connectivity index (χ1v) is 10.4. The maximum atomic E-state index is 13.0. The number of carbonyl (C=O) groups is 1. The predicted molar refractivity (Wildman–Crippen MR) is 111 cm³/mol. The molecule has 2 aliphatic rings. The summed E-state index contributed by atoms with van der Waals surface area (Å²) >= 11 is 0. The van der Waals surface area contributed by atoms with Gasteiger partial charge in [-0.15, -0.1) is 0 Å². The van der Waals surface area contributed by atoms with Crippen molar-refractivity contribution in [3.05, 3.63) is 54.6 Å². The van der Waals surface area contributed by atoms with Gasteiger partial charge in [-0.25, -0.2) is 14.6 Å². The van der Waals surface area contributed by atoms with Gasteiger partial charge in [-0.2, -0.15) is 10.2 Å². The quantitative estimate of drug-likeness (QED) is 0.571. The van der Waals surface area contributed by atoms with Crippen molar-refractivity contribution in [3.63, 3.8) is 0 Å². The van der Waals surface area contributed by atoms with E-state index in [1.54, 1.807) is 17.1 Å². The highest BCUT2D eigenvalue weighted by Gasteiger charge is 2.38. The second-order valence-electron chi connectivity index (χ2n) is 8.24. The standard InChI is InChI=1S/C22H21N7O/c30-22(28-11-15-2-1-3-16(15)12-28)18-8-17-10-26-29(21(17)23-9-18)19-6-4-14(5-7-19)20-24-13-25-27-20/h4-10,13,15-16H,1-3,11-12H2,(H,24,25,27). The second kappa shape index (κ2) is 6.76. The normalized spacial score (nSPS) is 20.7. The molecule has 1 saturated carbocycles. The number of pyridine rings is 1. The highest BCUT2D eigenvalue weighted by molar-refractivity contribution is 5.97. The van der Waals surface area contributed by atoms with Crippen LogP contribution in [0.4, 0.5) is 0 Å². The lowest BCUT2D eigenvalue weighted by Crippen LogP contribution is -2.29. The number of hydrogen-bond donors (Lipinski definition) is 1. The summed E-state index contributed by atoms with van der Waals surface area (Å²) in [6.07, 6.45) is 8.76. The first kappa shape index (κ1) is 17.3. The van der Waals surface area contributed by atoms with E-state index in [-0.39, 0.29) is 5.91 Å². The fourth-order valence-corrected chi connectivity index (χ4v) is 4.92. The van der Waals surface area contributed by atoms with Crippen molar-refractivity contribution >= 4 is 16.9 Å². The highest BCUT2D eigenvalue weighted by Crippen LogP contribution is 2.38. The lowest BCUT2D eigenvalue weighted by atomic mass is 10.0. The van der Waals surface area contributed by atoms with Crippen LogP contribution in [0, 0.1) is 11.8 Å². The Morgan fingerprint density at radius 3 is 2.57 bits per heavy atom. The SMILES string of the molecule is O=C(c1cnc2c(cnn2-c2ccc(-c3ncn[nH]3)cc2)c1)N1CC2CCCC2C1. The topological polar surface area (TPSA) is 92.6 Å². The minimum atomic E-state index is 0.0861. The van der Waals surface area contributed by atoms with Crippen LogP contribution in [0.2, 0.25) is 0 Å². The molecule has 1 aromatic carbocycles. The van der Waals surface area contributed by atoms with E-state index in [9.17, 15) is 4.79 Å². The molecule has 8 heteroatoms. The van der Waals surface area contributed by atoms with E-state index >= 15 is 0 Å². The Bertz CT molecular complexity index is 1200. The van der Waals surface area contributed by atoms with Gasteiger partial charge >= 0.3 is 0 Å². The maximum Gasteiger partial charge on any atom is 0.255 e. The van der Waals surface area contributed by atoms with Crippen LogP contribution in [0.3, 0.4) is 0 Å². The van der Waals surface area contributed by atoms with E-state index in [0.29, 0.717) is 17.4 Å². The fraction of sp³-hybridized carbons (Fsp3) is 0.318. The monoisotopic (exact) mass is 399 g/mol. The predicted octanol–water partition coefficient (Wildman–Crippen LogP) is 3.08. The van der Waals surface area contributed by atoms with Crippen LogP contribution in [0.15, 0.2) is 49.1 Å². The Labute approximate surface area is 173 Å². The van der Waals surface area contributed by atoms with Gasteiger partial charge in [-0.1, -0.05) is 6.42 Å². The number of hydrogen-bond acceptors (Lipinski definition) is 5. The molecule has 8 nitrogen and oxygen atoms in total. The van der Waals surface area contributed by atoms with Gasteiger partial charge in [-0.3, -0.25) is 9.89 Å². The molecule has 0 radical (unpaired) electrons. The average Bonchev–Trinajstić information content (AvgIpc) is 3.56. The molecule has 0 bridgehead atoms.